The highest BCUT2D eigenvalue weighted by Gasteiger charge is 2.20. The third-order valence-electron chi connectivity index (χ3n) is 2.80. The lowest BCUT2D eigenvalue weighted by molar-refractivity contribution is -0.384. The van der Waals surface area contributed by atoms with Crippen LogP contribution in [0.1, 0.15) is 5.56 Å². The second-order valence-corrected chi connectivity index (χ2v) is 6.50. The highest BCUT2D eigenvalue weighted by atomic mass is 35.5. The number of rotatable bonds is 5. The Hall–Kier alpha value is -2.03. The lowest BCUT2D eigenvalue weighted by atomic mass is 10.2. The van der Waals surface area contributed by atoms with E-state index in [9.17, 15) is 22.9 Å². The highest BCUT2D eigenvalue weighted by Crippen LogP contribution is 2.27. The van der Waals surface area contributed by atoms with Crippen LogP contribution >= 0.6 is 11.6 Å². The van der Waals surface area contributed by atoms with Crippen LogP contribution < -0.4 is 4.72 Å². The molecular weight excluding hydrogens is 335 g/mol. The number of nitro benzene ring substituents is 1. The Bertz CT molecular complexity index is 809. The molecule has 0 radical (unpaired) electrons. The summed E-state index contributed by atoms with van der Waals surface area (Å²) in [5.41, 5.74) is 0.0553. The van der Waals surface area contributed by atoms with Gasteiger partial charge in [0.25, 0.3) is 5.69 Å². The third kappa shape index (κ3) is 3.79. The van der Waals surface area contributed by atoms with Gasteiger partial charge in [0.1, 0.15) is 10.8 Å². The van der Waals surface area contributed by atoms with Crippen LogP contribution in [-0.4, -0.2) is 13.3 Å². The first-order valence-corrected chi connectivity index (χ1v) is 7.84. The van der Waals surface area contributed by atoms with Crippen molar-refractivity contribution in [3.05, 3.63) is 69.0 Å². The Morgan fingerprint density at radius 3 is 2.41 bits per heavy atom. The third-order valence-corrected chi connectivity index (χ3v) is 4.52. The van der Waals surface area contributed by atoms with Crippen molar-refractivity contribution in [2.75, 3.05) is 0 Å². The molecule has 116 valence electrons. The van der Waals surface area contributed by atoms with E-state index in [1.807, 2.05) is 0 Å². The summed E-state index contributed by atoms with van der Waals surface area (Å²) in [6.07, 6.45) is 0. The maximum Gasteiger partial charge on any atom is 0.289 e. The molecule has 0 aliphatic rings. The van der Waals surface area contributed by atoms with Gasteiger partial charge in [-0.1, -0.05) is 23.7 Å². The van der Waals surface area contributed by atoms with E-state index in [1.54, 1.807) is 0 Å². The first-order valence-electron chi connectivity index (χ1n) is 5.97. The van der Waals surface area contributed by atoms with Crippen molar-refractivity contribution >= 4 is 27.3 Å². The molecule has 6 nitrogen and oxygen atoms in total. The average Bonchev–Trinajstić information content (AvgIpc) is 2.46. The van der Waals surface area contributed by atoms with Gasteiger partial charge in [0.05, 0.1) is 9.82 Å². The molecule has 0 aromatic heterocycles. The fourth-order valence-electron chi connectivity index (χ4n) is 1.66. The van der Waals surface area contributed by atoms with Gasteiger partial charge in [-0.3, -0.25) is 10.1 Å². The van der Waals surface area contributed by atoms with Crippen molar-refractivity contribution in [3.63, 3.8) is 0 Å². The normalized spacial score (nSPS) is 11.4. The van der Waals surface area contributed by atoms with Gasteiger partial charge in [0, 0.05) is 12.6 Å². The Labute approximate surface area is 130 Å². The number of halogens is 2. The Kier molecular flexibility index (Phi) is 4.74. The molecule has 2 aromatic rings. The van der Waals surface area contributed by atoms with E-state index in [0.29, 0.717) is 5.56 Å². The molecule has 22 heavy (non-hydrogen) atoms. The monoisotopic (exact) mass is 344 g/mol. The van der Waals surface area contributed by atoms with E-state index in [0.717, 1.165) is 12.1 Å². The first kappa shape index (κ1) is 16.3. The molecule has 9 heteroatoms. The Morgan fingerprint density at radius 2 is 1.82 bits per heavy atom. The molecule has 0 saturated heterocycles. The van der Waals surface area contributed by atoms with Gasteiger partial charge in [-0.15, -0.1) is 0 Å². The molecule has 2 aromatic carbocycles. The van der Waals surface area contributed by atoms with E-state index in [-0.39, 0.29) is 16.5 Å². The van der Waals surface area contributed by atoms with Gasteiger partial charge in [0.2, 0.25) is 10.0 Å². The molecule has 0 unspecified atom stereocenters. The minimum atomic E-state index is -3.95. The number of nitrogens with one attached hydrogen (secondary N) is 1. The number of nitrogens with zero attached hydrogens (tertiary/aromatic N) is 1. The van der Waals surface area contributed by atoms with Gasteiger partial charge in [-0.2, -0.15) is 0 Å². The van der Waals surface area contributed by atoms with E-state index in [4.69, 9.17) is 11.6 Å². The summed E-state index contributed by atoms with van der Waals surface area (Å²) in [4.78, 5) is 9.75. The zero-order valence-electron chi connectivity index (χ0n) is 11.0. The standard InChI is InChI=1S/C13H10ClFN2O4S/c14-12-6-5-11(7-13(12)17(18)19)22(20,21)16-8-9-1-3-10(15)4-2-9/h1-7,16H,8H2. The summed E-state index contributed by atoms with van der Waals surface area (Å²) in [7, 11) is -3.95. The molecule has 0 bridgehead atoms. The summed E-state index contributed by atoms with van der Waals surface area (Å²) >= 11 is 5.64. The number of nitro groups is 1. The van der Waals surface area contributed by atoms with Gasteiger partial charge in [0.15, 0.2) is 0 Å². The Morgan fingerprint density at radius 1 is 1.18 bits per heavy atom. The SMILES string of the molecule is O=[N+]([O-])c1cc(S(=O)(=O)NCc2ccc(F)cc2)ccc1Cl. The van der Waals surface area contributed by atoms with E-state index < -0.39 is 26.5 Å². The predicted molar refractivity (Wildman–Crippen MR) is 78.5 cm³/mol. The molecular formula is C13H10ClFN2O4S. The zero-order chi connectivity index (χ0) is 16.3. The van der Waals surface area contributed by atoms with Crippen molar-refractivity contribution < 1.29 is 17.7 Å². The number of sulfonamides is 1. The molecule has 0 saturated carbocycles. The first-order chi connectivity index (χ1) is 10.3. The molecule has 1 N–H and O–H groups in total. The summed E-state index contributed by atoms with van der Waals surface area (Å²) in [6.45, 7) is -0.0704. The second kappa shape index (κ2) is 6.39. The molecule has 0 heterocycles. The van der Waals surface area contributed by atoms with Gasteiger partial charge < -0.3 is 0 Å². The fourth-order valence-corrected chi connectivity index (χ4v) is 2.89. The molecule has 0 fully saturated rings. The number of hydrogen-bond donors (Lipinski definition) is 1. The van der Waals surface area contributed by atoms with Crippen LogP contribution in [0.5, 0.6) is 0 Å². The predicted octanol–water partition coefficient (Wildman–Crippen LogP) is 2.87. The molecule has 0 aliphatic heterocycles. The molecule has 0 aliphatic carbocycles. The van der Waals surface area contributed by atoms with Crippen molar-refractivity contribution in [2.24, 2.45) is 0 Å². The largest absolute Gasteiger partial charge is 0.289 e. The van der Waals surface area contributed by atoms with E-state index in [2.05, 4.69) is 4.72 Å². The van der Waals surface area contributed by atoms with E-state index >= 15 is 0 Å². The van der Waals surface area contributed by atoms with Crippen molar-refractivity contribution in [1.29, 1.82) is 0 Å². The summed E-state index contributed by atoms with van der Waals surface area (Å²) in [5, 5.41) is 10.6. The summed E-state index contributed by atoms with van der Waals surface area (Å²) < 4.78 is 39.3. The number of benzene rings is 2. The van der Waals surface area contributed by atoms with E-state index in [1.165, 1.54) is 30.3 Å². The molecule has 0 spiro atoms. The van der Waals surface area contributed by atoms with Crippen LogP contribution in [0.15, 0.2) is 47.4 Å². The number of hydrogen-bond acceptors (Lipinski definition) is 4. The van der Waals surface area contributed by atoms with Gasteiger partial charge >= 0.3 is 0 Å². The summed E-state index contributed by atoms with van der Waals surface area (Å²) in [5.74, 6) is -0.431. The Balaban J connectivity index is 2.21. The van der Waals surface area contributed by atoms with Crippen LogP contribution in [0.3, 0.4) is 0 Å². The highest BCUT2D eigenvalue weighted by molar-refractivity contribution is 7.89. The fraction of sp³-hybridized carbons (Fsp3) is 0.0769. The second-order valence-electron chi connectivity index (χ2n) is 4.32. The maximum absolute atomic E-state index is 12.8. The van der Waals surface area contributed by atoms with Crippen LogP contribution in [0.25, 0.3) is 0 Å². The molecule has 0 amide bonds. The molecule has 2 rings (SSSR count). The summed E-state index contributed by atoms with van der Waals surface area (Å²) in [6, 6.07) is 8.47. The van der Waals surface area contributed by atoms with Gasteiger partial charge in [-0.05, 0) is 29.8 Å². The minimum absolute atomic E-state index is 0.0704. The maximum atomic E-state index is 12.8. The van der Waals surface area contributed by atoms with Gasteiger partial charge in [-0.25, -0.2) is 17.5 Å². The topological polar surface area (TPSA) is 89.3 Å². The van der Waals surface area contributed by atoms with Crippen molar-refractivity contribution in [3.8, 4) is 0 Å². The van der Waals surface area contributed by atoms with Crippen molar-refractivity contribution in [2.45, 2.75) is 11.4 Å². The van der Waals surface area contributed by atoms with Crippen LogP contribution in [0, 0.1) is 15.9 Å². The average molecular weight is 345 g/mol. The van der Waals surface area contributed by atoms with Crippen LogP contribution in [0.4, 0.5) is 10.1 Å². The molecule has 0 atom stereocenters. The zero-order valence-corrected chi connectivity index (χ0v) is 12.6. The van der Waals surface area contributed by atoms with Crippen molar-refractivity contribution in [1.82, 2.24) is 4.72 Å². The smallest absolute Gasteiger partial charge is 0.258 e. The quantitative estimate of drug-likeness (QED) is 0.667. The van der Waals surface area contributed by atoms with Crippen LogP contribution in [-0.2, 0) is 16.6 Å². The lowest BCUT2D eigenvalue weighted by Gasteiger charge is -2.07. The lowest BCUT2D eigenvalue weighted by Crippen LogP contribution is -2.23. The van der Waals surface area contributed by atoms with Crippen LogP contribution in [0.2, 0.25) is 5.02 Å². The minimum Gasteiger partial charge on any atom is -0.258 e.